The number of nitrogens with one attached hydrogen (secondary N) is 1. The van der Waals surface area contributed by atoms with Crippen molar-refractivity contribution in [1.29, 1.82) is 0 Å². The number of rotatable bonds is 4. The Bertz CT molecular complexity index is 488. The van der Waals surface area contributed by atoms with Crippen LogP contribution in [-0.4, -0.2) is 28.4 Å². The number of aliphatic hydroxyl groups excluding tert-OH is 1. The fourth-order valence-electron chi connectivity index (χ4n) is 1.74. The fraction of sp³-hybridized carbons (Fsp3) is 0.143. The minimum absolute atomic E-state index is 0.115. The van der Waals surface area contributed by atoms with Crippen molar-refractivity contribution in [2.75, 3.05) is 13.2 Å². The van der Waals surface area contributed by atoms with Gasteiger partial charge < -0.3 is 15.2 Å². The van der Waals surface area contributed by atoms with Crippen LogP contribution in [0.15, 0.2) is 54.4 Å². The number of nitrogens with zero attached hydrogens (tertiary/aromatic N) is 1. The Morgan fingerprint density at radius 1 is 1.16 bits per heavy atom. The summed E-state index contributed by atoms with van der Waals surface area (Å²) < 4.78 is 0. The molecule has 0 amide bonds. The second-order valence-electron chi connectivity index (χ2n) is 4.16. The predicted molar refractivity (Wildman–Crippen MR) is 72.3 cm³/mol. The average Bonchev–Trinajstić information content (AvgIpc) is 2.42. The van der Waals surface area contributed by atoms with Crippen molar-refractivity contribution >= 4 is 11.8 Å². The van der Waals surface area contributed by atoms with Gasteiger partial charge in [0.2, 0.25) is 0 Å². The van der Waals surface area contributed by atoms with E-state index in [1.54, 1.807) is 24.3 Å². The number of hydrogen-bond acceptors (Lipinski definition) is 4. The molecule has 19 heavy (non-hydrogen) atoms. The normalized spacial score (nSPS) is 15.7. The molecular weight excluding hydrogens is 244 g/mol. The number of allylic oxidation sites excluding steroid dienone is 3. The van der Waals surface area contributed by atoms with Gasteiger partial charge in [-0.15, -0.1) is 0 Å². The molecule has 0 aromatic heterocycles. The van der Waals surface area contributed by atoms with E-state index >= 15 is 0 Å². The van der Waals surface area contributed by atoms with Gasteiger partial charge in [-0.25, -0.2) is 5.21 Å². The highest BCUT2D eigenvalue weighted by Gasteiger charge is 2.01. The minimum atomic E-state index is -0.920. The SMILES string of the molecule is [O-][NH+](O)c1ccc(C=C2C=CN(CCO)C=C2)cc1. The summed E-state index contributed by atoms with van der Waals surface area (Å²) in [4.78, 5) is 1.89. The van der Waals surface area contributed by atoms with Crippen molar-refractivity contribution < 1.29 is 15.5 Å². The fourth-order valence-corrected chi connectivity index (χ4v) is 1.74. The maximum absolute atomic E-state index is 10.7. The molecule has 1 aliphatic rings. The first-order chi connectivity index (χ1) is 9.19. The van der Waals surface area contributed by atoms with E-state index in [1.165, 1.54) is 0 Å². The Hall–Kier alpha value is -1.92. The average molecular weight is 260 g/mol. The molecule has 0 saturated heterocycles. The predicted octanol–water partition coefficient (Wildman–Crippen LogP) is 0.809. The molecule has 5 heteroatoms. The van der Waals surface area contributed by atoms with E-state index in [1.807, 2.05) is 35.5 Å². The van der Waals surface area contributed by atoms with Crippen LogP contribution in [0.1, 0.15) is 5.56 Å². The quantitative estimate of drug-likeness (QED) is 0.701. The van der Waals surface area contributed by atoms with E-state index in [2.05, 4.69) is 0 Å². The molecule has 0 fully saturated rings. The van der Waals surface area contributed by atoms with E-state index in [0.717, 1.165) is 11.1 Å². The van der Waals surface area contributed by atoms with E-state index in [0.29, 0.717) is 6.54 Å². The lowest BCUT2D eigenvalue weighted by molar-refractivity contribution is -0.991. The third-order valence-corrected chi connectivity index (χ3v) is 2.77. The van der Waals surface area contributed by atoms with Crippen LogP contribution < -0.4 is 5.23 Å². The molecule has 0 spiro atoms. The van der Waals surface area contributed by atoms with Gasteiger partial charge in [0.15, 0.2) is 5.69 Å². The Morgan fingerprint density at radius 3 is 2.32 bits per heavy atom. The largest absolute Gasteiger partial charge is 0.595 e. The molecule has 1 aromatic carbocycles. The number of quaternary nitrogens is 1. The summed E-state index contributed by atoms with van der Waals surface area (Å²) >= 11 is 0. The first-order valence-electron chi connectivity index (χ1n) is 5.97. The highest BCUT2D eigenvalue weighted by molar-refractivity contribution is 5.61. The molecule has 0 radical (unpaired) electrons. The molecule has 5 nitrogen and oxygen atoms in total. The van der Waals surface area contributed by atoms with Gasteiger partial charge in [0.25, 0.3) is 0 Å². The van der Waals surface area contributed by atoms with E-state index in [9.17, 15) is 5.21 Å². The summed E-state index contributed by atoms with van der Waals surface area (Å²) in [6.45, 7) is 0.692. The van der Waals surface area contributed by atoms with Crippen molar-refractivity contribution in [1.82, 2.24) is 4.90 Å². The Labute approximate surface area is 111 Å². The Kier molecular flexibility index (Phi) is 4.48. The van der Waals surface area contributed by atoms with Crippen molar-refractivity contribution in [3.05, 3.63) is 65.2 Å². The summed E-state index contributed by atoms with van der Waals surface area (Å²) in [6.07, 6.45) is 9.65. The monoisotopic (exact) mass is 260 g/mol. The maximum Gasteiger partial charge on any atom is 0.163 e. The van der Waals surface area contributed by atoms with Crippen LogP contribution in [0.5, 0.6) is 0 Å². The number of aliphatic hydroxyl groups is 1. The second kappa shape index (κ2) is 6.31. The molecule has 0 bridgehead atoms. The van der Waals surface area contributed by atoms with E-state index < -0.39 is 5.23 Å². The van der Waals surface area contributed by atoms with E-state index in [4.69, 9.17) is 10.3 Å². The Balaban J connectivity index is 2.06. The molecule has 100 valence electrons. The lowest BCUT2D eigenvalue weighted by Crippen LogP contribution is -2.99. The topological polar surface area (TPSA) is 71.2 Å². The van der Waals surface area contributed by atoms with Gasteiger partial charge in [0.1, 0.15) is 0 Å². The summed E-state index contributed by atoms with van der Waals surface area (Å²) in [5, 5.41) is 27.4. The van der Waals surface area contributed by atoms with Crippen molar-refractivity contribution in [3.8, 4) is 0 Å². The van der Waals surface area contributed by atoms with Gasteiger partial charge in [-0.05, 0) is 41.5 Å². The minimum Gasteiger partial charge on any atom is -0.595 e. The molecule has 1 atom stereocenters. The summed E-state index contributed by atoms with van der Waals surface area (Å²) in [6, 6.07) is 6.72. The van der Waals surface area contributed by atoms with Crippen molar-refractivity contribution in [3.63, 3.8) is 0 Å². The second-order valence-corrected chi connectivity index (χ2v) is 4.16. The third-order valence-electron chi connectivity index (χ3n) is 2.77. The molecule has 0 aliphatic carbocycles. The smallest absolute Gasteiger partial charge is 0.163 e. The van der Waals surface area contributed by atoms with E-state index in [-0.39, 0.29) is 12.3 Å². The van der Waals surface area contributed by atoms with Crippen LogP contribution in [0.4, 0.5) is 5.69 Å². The summed E-state index contributed by atoms with van der Waals surface area (Å²) in [5.74, 6) is 0. The van der Waals surface area contributed by atoms with Crippen LogP contribution in [-0.2, 0) is 0 Å². The molecule has 0 saturated carbocycles. The number of hydrogen-bond donors (Lipinski definition) is 3. The standard InChI is InChI=1S/C14H16N2O3/c17-10-9-15-7-5-13(6-8-15)11-12-1-3-14(4-2-12)16(18)19/h1-8,11,16-18H,9-10H2. The zero-order valence-corrected chi connectivity index (χ0v) is 10.4. The van der Waals surface area contributed by atoms with Gasteiger partial charge in [-0.2, -0.15) is 5.23 Å². The van der Waals surface area contributed by atoms with Crippen molar-refractivity contribution in [2.24, 2.45) is 0 Å². The van der Waals surface area contributed by atoms with Gasteiger partial charge in [0.05, 0.1) is 6.61 Å². The molecule has 2 rings (SSSR count). The molecule has 1 heterocycles. The third kappa shape index (κ3) is 3.77. The maximum atomic E-state index is 10.7. The van der Waals surface area contributed by atoms with Gasteiger partial charge in [-0.3, -0.25) is 0 Å². The molecule has 1 aromatic rings. The van der Waals surface area contributed by atoms with Crippen LogP contribution in [0.2, 0.25) is 0 Å². The first-order valence-corrected chi connectivity index (χ1v) is 5.97. The molecule has 3 N–H and O–H groups in total. The molecule has 1 unspecified atom stereocenters. The first kappa shape index (κ1) is 13.5. The van der Waals surface area contributed by atoms with Gasteiger partial charge >= 0.3 is 0 Å². The lowest BCUT2D eigenvalue weighted by atomic mass is 10.1. The molecule has 1 aliphatic heterocycles. The Morgan fingerprint density at radius 2 is 1.79 bits per heavy atom. The highest BCUT2D eigenvalue weighted by Crippen LogP contribution is 2.15. The lowest BCUT2D eigenvalue weighted by Gasteiger charge is -2.17. The van der Waals surface area contributed by atoms with Crippen LogP contribution >= 0.6 is 0 Å². The molecular formula is C14H16N2O3. The van der Waals surface area contributed by atoms with Crippen molar-refractivity contribution in [2.45, 2.75) is 0 Å². The van der Waals surface area contributed by atoms with Gasteiger partial charge in [0, 0.05) is 31.1 Å². The summed E-state index contributed by atoms with van der Waals surface area (Å²) in [7, 11) is 0. The van der Waals surface area contributed by atoms with Gasteiger partial charge in [-0.1, -0.05) is 0 Å². The number of benzene rings is 1. The van der Waals surface area contributed by atoms with Crippen LogP contribution in [0.3, 0.4) is 0 Å². The zero-order chi connectivity index (χ0) is 13.7. The zero-order valence-electron chi connectivity index (χ0n) is 10.4. The number of β-amino-alcohol motifs (C(OH)–C–C–N with tert-alkyl or cyclic N) is 1. The van der Waals surface area contributed by atoms with Crippen LogP contribution in [0, 0.1) is 5.21 Å². The van der Waals surface area contributed by atoms with Crippen LogP contribution in [0.25, 0.3) is 6.08 Å². The highest BCUT2D eigenvalue weighted by atomic mass is 16.8. The summed E-state index contributed by atoms with van der Waals surface area (Å²) in [5.41, 5.74) is 2.26.